The fourth-order valence-corrected chi connectivity index (χ4v) is 2.64. The molecule has 0 radical (unpaired) electrons. The van der Waals surface area contributed by atoms with Gasteiger partial charge in [0.25, 0.3) is 0 Å². The smallest absolute Gasteiger partial charge is 0.0945 e. The highest BCUT2D eigenvalue weighted by Gasteiger charge is 2.24. The van der Waals surface area contributed by atoms with Gasteiger partial charge in [0.15, 0.2) is 0 Å². The van der Waals surface area contributed by atoms with Crippen molar-refractivity contribution in [2.75, 3.05) is 0 Å². The molecule has 0 spiro atoms. The number of halogens is 1. The summed E-state index contributed by atoms with van der Waals surface area (Å²) in [5, 5.41) is 11.5. The molecule has 3 rings (SSSR count). The van der Waals surface area contributed by atoms with Gasteiger partial charge >= 0.3 is 0 Å². The number of hydrogen-bond acceptors (Lipinski definition) is 3. The van der Waals surface area contributed by atoms with Crippen LogP contribution in [0.1, 0.15) is 31.0 Å². The van der Waals surface area contributed by atoms with Gasteiger partial charge < -0.3 is 0 Å². The zero-order valence-corrected chi connectivity index (χ0v) is 13.4. The van der Waals surface area contributed by atoms with E-state index in [9.17, 15) is 0 Å². The first-order valence-electron chi connectivity index (χ1n) is 7.38. The van der Waals surface area contributed by atoms with Gasteiger partial charge in [0.1, 0.15) is 0 Å². The van der Waals surface area contributed by atoms with Crippen LogP contribution >= 0.6 is 11.6 Å². The highest BCUT2D eigenvalue weighted by molar-refractivity contribution is 6.30. The fraction of sp³-hybridized carbons (Fsp3) is 0.222. The predicted octanol–water partition coefficient (Wildman–Crippen LogP) is 5.51. The summed E-state index contributed by atoms with van der Waals surface area (Å²) in [5.74, 6) is 0. The maximum Gasteiger partial charge on any atom is 0.0945 e. The first-order valence-corrected chi connectivity index (χ1v) is 7.75. The van der Waals surface area contributed by atoms with Gasteiger partial charge in [-0.25, -0.2) is 0 Å². The molecule has 0 saturated heterocycles. The van der Waals surface area contributed by atoms with Crippen molar-refractivity contribution in [3.8, 4) is 0 Å². The Balaban J connectivity index is 1.99. The zero-order valence-electron chi connectivity index (χ0n) is 12.6. The lowest BCUT2D eigenvalue weighted by atomic mass is 10.0. The molecule has 0 N–H and O–H groups in total. The molecule has 1 atom stereocenters. The Labute approximate surface area is 135 Å². The molecule has 0 saturated carbocycles. The number of rotatable bonds is 3. The van der Waals surface area contributed by atoms with Gasteiger partial charge in [-0.2, -0.15) is 0 Å². The molecule has 0 fully saturated rings. The lowest BCUT2D eigenvalue weighted by Crippen LogP contribution is -2.30. The molecule has 1 heterocycles. The molecule has 3 nitrogen and oxygen atoms in total. The van der Waals surface area contributed by atoms with Crippen LogP contribution in [0.4, 0.5) is 0 Å². The van der Waals surface area contributed by atoms with Gasteiger partial charge in [0.2, 0.25) is 0 Å². The van der Waals surface area contributed by atoms with E-state index in [0.717, 1.165) is 16.3 Å². The van der Waals surface area contributed by atoms with E-state index in [1.165, 1.54) is 5.56 Å². The molecular formula is C18H18ClN3. The Kier molecular flexibility index (Phi) is 4.25. The number of nitrogens with zero attached hydrogens (tertiary/aromatic N) is 3. The highest BCUT2D eigenvalue weighted by Crippen LogP contribution is 2.33. The average molecular weight is 312 g/mol. The molecule has 1 aliphatic rings. The van der Waals surface area contributed by atoms with Crippen LogP contribution in [-0.4, -0.2) is 11.1 Å². The third-order valence-corrected chi connectivity index (χ3v) is 3.92. The molecule has 2 aromatic rings. The second kappa shape index (κ2) is 6.32. The maximum absolute atomic E-state index is 5.96. The highest BCUT2D eigenvalue weighted by atomic mass is 35.5. The van der Waals surface area contributed by atoms with Crippen LogP contribution in [0.25, 0.3) is 5.70 Å². The minimum atomic E-state index is 0.0874. The maximum atomic E-state index is 5.96. The Morgan fingerprint density at radius 2 is 1.68 bits per heavy atom. The molecule has 0 aromatic heterocycles. The fourth-order valence-electron chi connectivity index (χ4n) is 2.51. The van der Waals surface area contributed by atoms with Gasteiger partial charge in [0.05, 0.1) is 11.7 Å². The minimum absolute atomic E-state index is 0.0874. The second-order valence-electron chi connectivity index (χ2n) is 5.58. The van der Waals surface area contributed by atoms with Crippen molar-refractivity contribution in [3.63, 3.8) is 0 Å². The van der Waals surface area contributed by atoms with E-state index in [1.54, 1.807) is 0 Å². The van der Waals surface area contributed by atoms with Crippen molar-refractivity contribution in [3.05, 3.63) is 76.8 Å². The summed E-state index contributed by atoms with van der Waals surface area (Å²) < 4.78 is 0. The summed E-state index contributed by atoms with van der Waals surface area (Å²) in [4.78, 5) is 0. The van der Waals surface area contributed by atoms with Gasteiger partial charge in [-0.1, -0.05) is 59.3 Å². The van der Waals surface area contributed by atoms with Crippen LogP contribution in [0.5, 0.6) is 0 Å². The second-order valence-corrected chi connectivity index (χ2v) is 6.01. The van der Waals surface area contributed by atoms with Crippen molar-refractivity contribution in [2.24, 2.45) is 10.3 Å². The number of hydrogen-bond donors (Lipinski definition) is 0. The molecule has 0 aliphatic carbocycles. The number of benzene rings is 2. The van der Waals surface area contributed by atoms with Crippen LogP contribution in [0.15, 0.2) is 71.0 Å². The Morgan fingerprint density at radius 3 is 2.32 bits per heavy atom. The molecule has 22 heavy (non-hydrogen) atoms. The van der Waals surface area contributed by atoms with E-state index in [4.69, 9.17) is 11.6 Å². The normalized spacial score (nSPS) is 17.7. The Morgan fingerprint density at radius 1 is 1.00 bits per heavy atom. The average Bonchev–Trinajstić information content (AvgIpc) is 2.56. The minimum Gasteiger partial charge on any atom is -0.265 e. The summed E-state index contributed by atoms with van der Waals surface area (Å²) in [6.07, 6.45) is 2.16. The lowest BCUT2D eigenvalue weighted by molar-refractivity contribution is 0.172. The van der Waals surface area contributed by atoms with E-state index >= 15 is 0 Å². The molecule has 4 heteroatoms. The lowest BCUT2D eigenvalue weighted by Gasteiger charge is -2.32. The summed E-state index contributed by atoms with van der Waals surface area (Å²) in [6, 6.07) is 18.4. The quantitative estimate of drug-likeness (QED) is 0.734. The summed E-state index contributed by atoms with van der Waals surface area (Å²) in [5.41, 5.74) is 3.11. The van der Waals surface area contributed by atoms with Crippen LogP contribution in [0.3, 0.4) is 0 Å². The molecule has 1 aliphatic heterocycles. The van der Waals surface area contributed by atoms with E-state index in [-0.39, 0.29) is 12.1 Å². The van der Waals surface area contributed by atoms with Gasteiger partial charge in [0, 0.05) is 16.6 Å². The van der Waals surface area contributed by atoms with E-state index in [0.29, 0.717) is 0 Å². The predicted molar refractivity (Wildman–Crippen MR) is 90.4 cm³/mol. The van der Waals surface area contributed by atoms with E-state index in [2.05, 4.69) is 54.5 Å². The van der Waals surface area contributed by atoms with Gasteiger partial charge in [-0.15, -0.1) is 5.11 Å². The van der Waals surface area contributed by atoms with E-state index < -0.39 is 0 Å². The van der Waals surface area contributed by atoms with Crippen LogP contribution in [0, 0.1) is 0 Å². The first kappa shape index (κ1) is 14.8. The molecule has 0 amide bonds. The summed E-state index contributed by atoms with van der Waals surface area (Å²) in [6.45, 7) is 4.24. The van der Waals surface area contributed by atoms with Crippen LogP contribution < -0.4 is 0 Å². The van der Waals surface area contributed by atoms with Crippen LogP contribution in [0.2, 0.25) is 5.02 Å². The summed E-state index contributed by atoms with van der Waals surface area (Å²) in [7, 11) is 0. The molecule has 0 bridgehead atoms. The molecule has 1 unspecified atom stereocenters. The monoisotopic (exact) mass is 311 g/mol. The first-order chi connectivity index (χ1) is 10.6. The van der Waals surface area contributed by atoms with Crippen molar-refractivity contribution in [2.45, 2.75) is 25.9 Å². The van der Waals surface area contributed by atoms with Crippen molar-refractivity contribution < 1.29 is 0 Å². The molecule has 2 aromatic carbocycles. The third-order valence-electron chi connectivity index (χ3n) is 3.67. The zero-order chi connectivity index (χ0) is 15.5. The van der Waals surface area contributed by atoms with Crippen LogP contribution in [-0.2, 0) is 0 Å². The Bertz CT molecular complexity index is 690. The molecule has 112 valence electrons. The van der Waals surface area contributed by atoms with Crippen molar-refractivity contribution in [1.29, 1.82) is 0 Å². The largest absolute Gasteiger partial charge is 0.265 e. The van der Waals surface area contributed by atoms with Gasteiger partial charge in [-0.05, 0) is 37.6 Å². The molecular weight excluding hydrogens is 294 g/mol. The standard InChI is InChI=1S/C18H18ClN3/c1-13(2)22-18(15-6-4-3-5-7-15)12-17(20-21-22)14-8-10-16(19)11-9-14/h3-13,18H,1-2H3. The van der Waals surface area contributed by atoms with E-state index in [1.807, 2.05) is 35.3 Å². The SMILES string of the molecule is CC(C)N1N=NC(c2ccc(Cl)cc2)=CC1c1ccccc1. The topological polar surface area (TPSA) is 28.0 Å². The van der Waals surface area contributed by atoms with Crippen molar-refractivity contribution >= 4 is 17.3 Å². The van der Waals surface area contributed by atoms with Crippen molar-refractivity contribution in [1.82, 2.24) is 5.01 Å². The Hall–Kier alpha value is -2.13. The third kappa shape index (κ3) is 3.04. The summed E-state index contributed by atoms with van der Waals surface area (Å²) >= 11 is 5.96. The van der Waals surface area contributed by atoms with Gasteiger partial charge in [-0.3, -0.25) is 5.01 Å².